The zero-order chi connectivity index (χ0) is 11.7. The molecule has 1 aromatic heterocycles. The van der Waals surface area contributed by atoms with E-state index in [9.17, 15) is 4.39 Å². The van der Waals surface area contributed by atoms with Crippen LogP contribution in [0.4, 0.5) is 15.8 Å². The highest BCUT2D eigenvalue weighted by atomic mass is 35.5. The summed E-state index contributed by atoms with van der Waals surface area (Å²) < 4.78 is 13.2. The van der Waals surface area contributed by atoms with Crippen molar-refractivity contribution >= 4 is 33.9 Å². The van der Waals surface area contributed by atoms with Crippen LogP contribution in [0.25, 0.3) is 10.9 Å². The van der Waals surface area contributed by atoms with E-state index in [1.807, 2.05) is 6.92 Å². The van der Waals surface area contributed by atoms with Crippen LogP contribution in [0.15, 0.2) is 18.3 Å². The molecule has 0 aliphatic carbocycles. The van der Waals surface area contributed by atoms with Crippen LogP contribution in [0.1, 0.15) is 6.92 Å². The van der Waals surface area contributed by atoms with Crippen molar-refractivity contribution in [3.63, 3.8) is 0 Å². The van der Waals surface area contributed by atoms with Gasteiger partial charge in [0.25, 0.3) is 0 Å². The quantitative estimate of drug-likeness (QED) is 0.847. The number of nitrogens with two attached hydrogens (primary N) is 1. The molecule has 0 amide bonds. The first kappa shape index (κ1) is 11.0. The first-order valence-electron chi connectivity index (χ1n) is 4.90. The topological polar surface area (TPSA) is 50.9 Å². The van der Waals surface area contributed by atoms with E-state index >= 15 is 0 Å². The molecule has 0 saturated heterocycles. The molecule has 3 N–H and O–H groups in total. The average molecular weight is 240 g/mol. The molecule has 0 aliphatic rings. The molecular formula is C11H11ClFN3. The van der Waals surface area contributed by atoms with Gasteiger partial charge in [0.1, 0.15) is 5.82 Å². The van der Waals surface area contributed by atoms with E-state index < -0.39 is 5.82 Å². The monoisotopic (exact) mass is 239 g/mol. The van der Waals surface area contributed by atoms with Gasteiger partial charge < -0.3 is 11.1 Å². The highest BCUT2D eigenvalue weighted by Crippen LogP contribution is 2.31. The Bertz CT molecular complexity index is 542. The summed E-state index contributed by atoms with van der Waals surface area (Å²) in [6, 6.07) is 2.84. The van der Waals surface area contributed by atoms with E-state index in [0.717, 1.165) is 17.6 Å². The minimum atomic E-state index is -0.478. The summed E-state index contributed by atoms with van der Waals surface area (Å²) in [5, 5.41) is 3.92. The number of fused-ring (bicyclic) bond motifs is 1. The standard InChI is InChI=1S/C11H11ClFN3/c1-2-15-11-6-3-7(12)8(13)4-10(6)16-5-9(11)14/h3-5H,2,14H2,1H3,(H,15,16). The van der Waals surface area contributed by atoms with E-state index in [0.29, 0.717) is 11.2 Å². The molecule has 5 heteroatoms. The number of rotatable bonds is 2. The lowest BCUT2D eigenvalue weighted by molar-refractivity contribution is 0.630. The number of nitrogens with zero attached hydrogens (tertiary/aromatic N) is 1. The molecule has 0 atom stereocenters. The highest BCUT2D eigenvalue weighted by Gasteiger charge is 2.09. The molecule has 0 spiro atoms. The Labute approximate surface area is 97.4 Å². The molecule has 2 aromatic rings. The van der Waals surface area contributed by atoms with Crippen LogP contribution in [-0.2, 0) is 0 Å². The first-order chi connectivity index (χ1) is 7.63. The van der Waals surface area contributed by atoms with Gasteiger partial charge in [0, 0.05) is 18.0 Å². The third kappa shape index (κ3) is 1.76. The van der Waals surface area contributed by atoms with Gasteiger partial charge in [0.2, 0.25) is 0 Å². The normalized spacial score (nSPS) is 10.7. The lowest BCUT2D eigenvalue weighted by Crippen LogP contribution is -2.02. The van der Waals surface area contributed by atoms with E-state index in [4.69, 9.17) is 17.3 Å². The van der Waals surface area contributed by atoms with Gasteiger partial charge in [-0.3, -0.25) is 4.98 Å². The smallest absolute Gasteiger partial charge is 0.143 e. The summed E-state index contributed by atoms with van der Waals surface area (Å²) >= 11 is 5.74. The minimum absolute atomic E-state index is 0.0686. The molecule has 1 aromatic carbocycles. The van der Waals surface area contributed by atoms with Crippen LogP contribution in [0, 0.1) is 5.82 Å². The number of aromatic nitrogens is 1. The maximum absolute atomic E-state index is 13.2. The number of anilines is 2. The van der Waals surface area contributed by atoms with Gasteiger partial charge in [-0.2, -0.15) is 0 Å². The molecule has 16 heavy (non-hydrogen) atoms. The fraction of sp³-hybridized carbons (Fsp3) is 0.182. The van der Waals surface area contributed by atoms with Crippen molar-refractivity contribution in [2.45, 2.75) is 6.92 Å². The lowest BCUT2D eigenvalue weighted by Gasteiger charge is -2.10. The van der Waals surface area contributed by atoms with Crippen molar-refractivity contribution in [1.82, 2.24) is 4.98 Å². The molecule has 0 bridgehead atoms. The summed E-state index contributed by atoms with van der Waals surface area (Å²) in [4.78, 5) is 4.06. The molecule has 0 unspecified atom stereocenters. The first-order valence-corrected chi connectivity index (χ1v) is 5.28. The molecule has 84 valence electrons. The minimum Gasteiger partial charge on any atom is -0.396 e. The van der Waals surface area contributed by atoms with E-state index in [1.54, 1.807) is 0 Å². The number of benzene rings is 1. The molecule has 0 fully saturated rings. The molecule has 0 aliphatic heterocycles. The predicted octanol–water partition coefficient (Wildman–Crippen LogP) is 3.04. The highest BCUT2D eigenvalue weighted by molar-refractivity contribution is 6.31. The van der Waals surface area contributed by atoms with Crippen molar-refractivity contribution in [1.29, 1.82) is 0 Å². The molecule has 0 saturated carbocycles. The zero-order valence-electron chi connectivity index (χ0n) is 8.72. The van der Waals surface area contributed by atoms with Gasteiger partial charge >= 0.3 is 0 Å². The summed E-state index contributed by atoms with van der Waals surface area (Å²) in [5.74, 6) is -0.478. The fourth-order valence-corrected chi connectivity index (χ4v) is 1.74. The summed E-state index contributed by atoms with van der Waals surface area (Å²) in [7, 11) is 0. The number of hydrogen-bond acceptors (Lipinski definition) is 3. The Hall–Kier alpha value is -1.55. The van der Waals surface area contributed by atoms with Crippen molar-refractivity contribution in [2.75, 3.05) is 17.6 Å². The number of pyridine rings is 1. The van der Waals surface area contributed by atoms with E-state index in [2.05, 4.69) is 10.3 Å². The van der Waals surface area contributed by atoms with Crippen LogP contribution in [-0.4, -0.2) is 11.5 Å². The van der Waals surface area contributed by atoms with Crippen LogP contribution in [0.3, 0.4) is 0 Å². The van der Waals surface area contributed by atoms with Crippen molar-refractivity contribution in [3.05, 3.63) is 29.2 Å². The Morgan fingerprint density at radius 1 is 1.50 bits per heavy atom. The number of nitrogens with one attached hydrogen (secondary N) is 1. The Balaban J connectivity index is 2.76. The maximum Gasteiger partial charge on any atom is 0.143 e. The Kier molecular flexibility index (Phi) is 2.83. The molecule has 3 nitrogen and oxygen atoms in total. The second-order valence-corrected chi connectivity index (χ2v) is 3.81. The molecule has 0 radical (unpaired) electrons. The van der Waals surface area contributed by atoms with Crippen LogP contribution in [0.2, 0.25) is 5.02 Å². The molecule has 1 heterocycles. The third-order valence-electron chi connectivity index (χ3n) is 2.29. The second-order valence-electron chi connectivity index (χ2n) is 3.40. The van der Waals surface area contributed by atoms with E-state index in [-0.39, 0.29) is 5.02 Å². The molecular weight excluding hydrogens is 229 g/mol. The van der Waals surface area contributed by atoms with Crippen LogP contribution in [0.5, 0.6) is 0 Å². The van der Waals surface area contributed by atoms with Gasteiger partial charge in [-0.25, -0.2) is 4.39 Å². The predicted molar refractivity (Wildman–Crippen MR) is 65.3 cm³/mol. The Morgan fingerprint density at radius 3 is 2.94 bits per heavy atom. The van der Waals surface area contributed by atoms with Gasteiger partial charge in [-0.1, -0.05) is 11.6 Å². The van der Waals surface area contributed by atoms with Crippen molar-refractivity contribution in [3.8, 4) is 0 Å². The number of hydrogen-bond donors (Lipinski definition) is 2. The summed E-state index contributed by atoms with van der Waals surface area (Å²) in [5.41, 5.74) is 7.60. The van der Waals surface area contributed by atoms with Gasteiger partial charge in [-0.05, 0) is 13.0 Å². The summed E-state index contributed by atoms with van der Waals surface area (Å²) in [6.07, 6.45) is 1.51. The van der Waals surface area contributed by atoms with Crippen molar-refractivity contribution in [2.24, 2.45) is 0 Å². The average Bonchev–Trinajstić information content (AvgIpc) is 2.25. The zero-order valence-corrected chi connectivity index (χ0v) is 9.48. The number of halogens is 2. The second kappa shape index (κ2) is 4.14. The van der Waals surface area contributed by atoms with Crippen LogP contribution < -0.4 is 11.1 Å². The summed E-state index contributed by atoms with van der Waals surface area (Å²) in [6.45, 7) is 2.68. The van der Waals surface area contributed by atoms with Crippen molar-refractivity contribution < 1.29 is 4.39 Å². The molecule has 2 rings (SSSR count). The van der Waals surface area contributed by atoms with E-state index in [1.165, 1.54) is 18.3 Å². The Morgan fingerprint density at radius 2 is 2.25 bits per heavy atom. The van der Waals surface area contributed by atoms with Gasteiger partial charge in [0.15, 0.2) is 0 Å². The van der Waals surface area contributed by atoms with Gasteiger partial charge in [0.05, 0.1) is 28.1 Å². The van der Waals surface area contributed by atoms with Gasteiger partial charge in [-0.15, -0.1) is 0 Å². The largest absolute Gasteiger partial charge is 0.396 e. The third-order valence-corrected chi connectivity index (χ3v) is 2.58. The van der Waals surface area contributed by atoms with Crippen LogP contribution >= 0.6 is 11.6 Å². The fourth-order valence-electron chi connectivity index (χ4n) is 1.58. The number of nitrogen functional groups attached to an aromatic ring is 1. The SMILES string of the molecule is CCNc1c(N)cnc2cc(F)c(Cl)cc12. The lowest BCUT2D eigenvalue weighted by atomic mass is 10.1. The maximum atomic E-state index is 13.2.